The van der Waals surface area contributed by atoms with Gasteiger partial charge in [-0.05, 0) is 12.5 Å². The predicted octanol–water partition coefficient (Wildman–Crippen LogP) is 0.799. The highest BCUT2D eigenvalue weighted by Crippen LogP contribution is 2.24. The van der Waals surface area contributed by atoms with Gasteiger partial charge in [0, 0.05) is 43.8 Å². The average molecular weight is 208 g/mol. The Morgan fingerprint density at radius 2 is 2.53 bits per heavy atom. The van der Waals surface area contributed by atoms with Crippen LogP contribution >= 0.6 is 0 Å². The maximum atomic E-state index is 9.20. The largest absolute Gasteiger partial charge is 0.392 e. The van der Waals surface area contributed by atoms with Crippen molar-refractivity contribution in [3.63, 3.8) is 0 Å². The Morgan fingerprint density at radius 1 is 1.67 bits per heavy atom. The number of aliphatic hydroxyl groups excluding tert-OH is 1. The van der Waals surface area contributed by atoms with E-state index in [9.17, 15) is 5.11 Å². The quantitative estimate of drug-likeness (QED) is 0.798. The van der Waals surface area contributed by atoms with Crippen LogP contribution in [-0.2, 0) is 11.3 Å². The summed E-state index contributed by atoms with van der Waals surface area (Å²) in [5.74, 6) is 0. The van der Waals surface area contributed by atoms with Crippen molar-refractivity contribution in [2.75, 3.05) is 25.1 Å². The fourth-order valence-corrected chi connectivity index (χ4v) is 1.99. The molecule has 1 unspecified atom stereocenters. The molecule has 15 heavy (non-hydrogen) atoms. The van der Waals surface area contributed by atoms with E-state index in [0.29, 0.717) is 6.10 Å². The van der Waals surface area contributed by atoms with Crippen LogP contribution < -0.4 is 4.90 Å². The van der Waals surface area contributed by atoms with Crippen LogP contribution in [0.4, 0.5) is 5.69 Å². The molecule has 4 nitrogen and oxygen atoms in total. The molecule has 1 aromatic rings. The minimum atomic E-state index is 0.0390. The summed E-state index contributed by atoms with van der Waals surface area (Å²) in [7, 11) is 1.74. The zero-order valence-electron chi connectivity index (χ0n) is 8.89. The molecule has 1 saturated heterocycles. The molecule has 2 heterocycles. The molecule has 0 spiro atoms. The summed E-state index contributed by atoms with van der Waals surface area (Å²) < 4.78 is 5.32. The van der Waals surface area contributed by atoms with E-state index in [0.717, 1.165) is 30.8 Å². The summed E-state index contributed by atoms with van der Waals surface area (Å²) in [6.45, 7) is 1.92. The van der Waals surface area contributed by atoms with E-state index < -0.39 is 0 Å². The zero-order chi connectivity index (χ0) is 10.7. The maximum Gasteiger partial charge on any atom is 0.0762 e. The average Bonchev–Trinajstić information content (AvgIpc) is 2.77. The highest BCUT2D eigenvalue weighted by Gasteiger charge is 2.23. The van der Waals surface area contributed by atoms with Gasteiger partial charge >= 0.3 is 0 Å². The van der Waals surface area contributed by atoms with E-state index in [4.69, 9.17) is 4.74 Å². The first-order valence-electron chi connectivity index (χ1n) is 5.16. The smallest absolute Gasteiger partial charge is 0.0762 e. The fraction of sp³-hybridized carbons (Fsp3) is 0.545. The van der Waals surface area contributed by atoms with Crippen molar-refractivity contribution < 1.29 is 9.84 Å². The van der Waals surface area contributed by atoms with E-state index in [-0.39, 0.29) is 6.61 Å². The molecule has 1 atom stereocenters. The number of hydrogen-bond donors (Lipinski definition) is 1. The van der Waals surface area contributed by atoms with Gasteiger partial charge in [-0.25, -0.2) is 0 Å². The Bertz CT molecular complexity index is 330. The van der Waals surface area contributed by atoms with Crippen molar-refractivity contribution in [1.29, 1.82) is 0 Å². The van der Waals surface area contributed by atoms with Crippen LogP contribution in [-0.4, -0.2) is 36.4 Å². The van der Waals surface area contributed by atoms with Gasteiger partial charge in [0.25, 0.3) is 0 Å². The number of aromatic nitrogens is 1. The SMILES string of the molecule is COC1CCN(c2ccncc2CO)C1. The number of rotatable bonds is 3. The molecule has 0 saturated carbocycles. The van der Waals surface area contributed by atoms with Crippen molar-refractivity contribution in [1.82, 2.24) is 4.98 Å². The van der Waals surface area contributed by atoms with E-state index in [2.05, 4.69) is 9.88 Å². The number of methoxy groups -OCH3 is 1. The van der Waals surface area contributed by atoms with Gasteiger partial charge in [0.15, 0.2) is 0 Å². The number of hydrogen-bond acceptors (Lipinski definition) is 4. The van der Waals surface area contributed by atoms with Crippen LogP contribution in [0.5, 0.6) is 0 Å². The Kier molecular flexibility index (Phi) is 3.18. The van der Waals surface area contributed by atoms with Gasteiger partial charge in [-0.2, -0.15) is 0 Å². The first kappa shape index (κ1) is 10.4. The Balaban J connectivity index is 2.16. The standard InChI is InChI=1S/C11H16N2O2/c1-15-10-3-5-13(7-10)11-2-4-12-6-9(11)8-14/h2,4,6,10,14H,3,5,7-8H2,1H3. The molecule has 0 aromatic carbocycles. The van der Waals surface area contributed by atoms with E-state index in [1.807, 2.05) is 6.07 Å². The minimum Gasteiger partial charge on any atom is -0.392 e. The lowest BCUT2D eigenvalue weighted by Crippen LogP contribution is -2.23. The molecular formula is C11H16N2O2. The predicted molar refractivity (Wildman–Crippen MR) is 57.8 cm³/mol. The van der Waals surface area contributed by atoms with Gasteiger partial charge < -0.3 is 14.7 Å². The van der Waals surface area contributed by atoms with Gasteiger partial charge in [-0.1, -0.05) is 0 Å². The number of ether oxygens (including phenoxy) is 1. The Morgan fingerprint density at radius 3 is 3.20 bits per heavy atom. The molecular weight excluding hydrogens is 192 g/mol. The molecule has 0 radical (unpaired) electrons. The highest BCUT2D eigenvalue weighted by molar-refractivity contribution is 5.52. The van der Waals surface area contributed by atoms with Gasteiger partial charge in [0.1, 0.15) is 0 Å². The summed E-state index contributed by atoms with van der Waals surface area (Å²) >= 11 is 0. The van der Waals surface area contributed by atoms with E-state index >= 15 is 0 Å². The molecule has 4 heteroatoms. The highest BCUT2D eigenvalue weighted by atomic mass is 16.5. The number of pyridine rings is 1. The molecule has 0 amide bonds. The molecule has 0 aliphatic carbocycles. The summed E-state index contributed by atoms with van der Waals surface area (Å²) in [6.07, 6.45) is 4.83. The second-order valence-electron chi connectivity index (χ2n) is 3.75. The van der Waals surface area contributed by atoms with Crippen molar-refractivity contribution in [3.05, 3.63) is 24.0 Å². The summed E-state index contributed by atoms with van der Waals surface area (Å²) in [6, 6.07) is 1.95. The second kappa shape index (κ2) is 4.59. The van der Waals surface area contributed by atoms with Crippen molar-refractivity contribution in [2.45, 2.75) is 19.1 Å². The second-order valence-corrected chi connectivity index (χ2v) is 3.75. The summed E-state index contributed by atoms with van der Waals surface area (Å²) in [4.78, 5) is 6.25. The van der Waals surface area contributed by atoms with Gasteiger partial charge in [-0.3, -0.25) is 4.98 Å². The van der Waals surface area contributed by atoms with E-state index in [1.54, 1.807) is 19.5 Å². The first-order valence-corrected chi connectivity index (χ1v) is 5.16. The normalized spacial score (nSPS) is 20.9. The lowest BCUT2D eigenvalue weighted by atomic mass is 10.2. The molecule has 1 aromatic heterocycles. The molecule has 1 aliphatic rings. The van der Waals surface area contributed by atoms with Crippen LogP contribution in [0.2, 0.25) is 0 Å². The topological polar surface area (TPSA) is 45.6 Å². The van der Waals surface area contributed by atoms with Crippen LogP contribution in [0, 0.1) is 0 Å². The molecule has 1 aliphatic heterocycles. The summed E-state index contributed by atoms with van der Waals surface area (Å²) in [5, 5.41) is 9.20. The van der Waals surface area contributed by atoms with Crippen LogP contribution in [0.3, 0.4) is 0 Å². The van der Waals surface area contributed by atoms with Crippen LogP contribution in [0.1, 0.15) is 12.0 Å². The number of anilines is 1. The van der Waals surface area contributed by atoms with Crippen molar-refractivity contribution in [2.24, 2.45) is 0 Å². The number of nitrogens with zero attached hydrogens (tertiary/aromatic N) is 2. The van der Waals surface area contributed by atoms with Crippen LogP contribution in [0.25, 0.3) is 0 Å². The fourth-order valence-electron chi connectivity index (χ4n) is 1.99. The molecule has 1 N–H and O–H groups in total. The minimum absolute atomic E-state index is 0.0390. The molecule has 1 fully saturated rings. The third-order valence-electron chi connectivity index (χ3n) is 2.87. The lowest BCUT2D eigenvalue weighted by molar-refractivity contribution is 0.121. The number of aliphatic hydroxyl groups is 1. The first-order chi connectivity index (χ1) is 7.35. The monoisotopic (exact) mass is 208 g/mol. The Hall–Kier alpha value is -1.13. The molecule has 82 valence electrons. The van der Waals surface area contributed by atoms with Crippen molar-refractivity contribution in [3.8, 4) is 0 Å². The van der Waals surface area contributed by atoms with Gasteiger partial charge in [-0.15, -0.1) is 0 Å². The van der Waals surface area contributed by atoms with E-state index in [1.165, 1.54) is 0 Å². The summed E-state index contributed by atoms with van der Waals surface area (Å²) in [5.41, 5.74) is 1.96. The molecule has 0 bridgehead atoms. The zero-order valence-corrected chi connectivity index (χ0v) is 8.89. The third-order valence-corrected chi connectivity index (χ3v) is 2.87. The van der Waals surface area contributed by atoms with Gasteiger partial charge in [0.2, 0.25) is 0 Å². The Labute approximate surface area is 89.5 Å². The molecule has 2 rings (SSSR count). The van der Waals surface area contributed by atoms with Crippen molar-refractivity contribution >= 4 is 5.69 Å². The van der Waals surface area contributed by atoms with Gasteiger partial charge in [0.05, 0.1) is 12.7 Å². The maximum absolute atomic E-state index is 9.20. The third kappa shape index (κ3) is 2.11. The van der Waals surface area contributed by atoms with Crippen LogP contribution in [0.15, 0.2) is 18.5 Å². The lowest BCUT2D eigenvalue weighted by Gasteiger charge is -2.20.